The smallest absolute Gasteiger partial charge is 0.266 e. The molecule has 1 N–H and O–H groups in total. The van der Waals surface area contributed by atoms with E-state index in [1.165, 1.54) is 13.2 Å². The zero-order chi connectivity index (χ0) is 23.2. The maximum Gasteiger partial charge on any atom is 0.266 e. The SMILES string of the molecule is COc1cc(/C=C(/C#N)C(=O)Nc2ccc(C)cc2)ccc1OCc1ccc2c(c1)OCO2. The molecule has 33 heavy (non-hydrogen) atoms. The summed E-state index contributed by atoms with van der Waals surface area (Å²) in [5.74, 6) is 1.95. The molecule has 1 aliphatic rings. The van der Waals surface area contributed by atoms with E-state index in [2.05, 4.69) is 5.32 Å². The molecule has 0 spiro atoms. The fraction of sp³-hybridized carbons (Fsp3) is 0.154. The van der Waals surface area contributed by atoms with Crippen LogP contribution in [0.3, 0.4) is 0 Å². The number of anilines is 1. The first kappa shape index (κ1) is 21.8. The molecule has 4 rings (SSSR count). The summed E-state index contributed by atoms with van der Waals surface area (Å²) >= 11 is 0. The van der Waals surface area contributed by atoms with E-state index in [4.69, 9.17) is 18.9 Å². The fourth-order valence-corrected chi connectivity index (χ4v) is 3.24. The Morgan fingerprint density at radius 3 is 2.61 bits per heavy atom. The summed E-state index contributed by atoms with van der Waals surface area (Å²) in [6.07, 6.45) is 1.51. The zero-order valence-corrected chi connectivity index (χ0v) is 18.3. The molecule has 0 radical (unpaired) electrons. The van der Waals surface area contributed by atoms with E-state index >= 15 is 0 Å². The van der Waals surface area contributed by atoms with Crippen LogP contribution < -0.4 is 24.3 Å². The second-order valence-electron chi connectivity index (χ2n) is 7.38. The summed E-state index contributed by atoms with van der Waals surface area (Å²) in [4.78, 5) is 12.5. The highest BCUT2D eigenvalue weighted by Crippen LogP contribution is 2.34. The van der Waals surface area contributed by atoms with Crippen LogP contribution >= 0.6 is 0 Å². The molecule has 0 saturated carbocycles. The lowest BCUT2D eigenvalue weighted by molar-refractivity contribution is -0.112. The van der Waals surface area contributed by atoms with Crippen LogP contribution in [-0.4, -0.2) is 19.8 Å². The zero-order valence-electron chi connectivity index (χ0n) is 18.3. The molecule has 166 valence electrons. The number of rotatable bonds is 7. The molecule has 0 aromatic heterocycles. The molecule has 3 aromatic rings. The number of ether oxygens (including phenoxy) is 4. The van der Waals surface area contributed by atoms with Gasteiger partial charge in [-0.3, -0.25) is 4.79 Å². The second kappa shape index (κ2) is 9.79. The van der Waals surface area contributed by atoms with Gasteiger partial charge >= 0.3 is 0 Å². The van der Waals surface area contributed by atoms with Crippen LogP contribution in [0.25, 0.3) is 6.08 Å². The quantitative estimate of drug-likeness (QED) is 0.415. The highest BCUT2D eigenvalue weighted by atomic mass is 16.7. The molecule has 0 unspecified atom stereocenters. The van der Waals surface area contributed by atoms with E-state index < -0.39 is 5.91 Å². The van der Waals surface area contributed by atoms with E-state index in [9.17, 15) is 10.1 Å². The first-order valence-electron chi connectivity index (χ1n) is 10.2. The van der Waals surface area contributed by atoms with Crippen molar-refractivity contribution in [1.29, 1.82) is 5.26 Å². The number of fused-ring (bicyclic) bond motifs is 1. The third-order valence-electron chi connectivity index (χ3n) is 5.00. The number of amides is 1. The van der Waals surface area contributed by atoms with Crippen molar-refractivity contribution in [1.82, 2.24) is 0 Å². The monoisotopic (exact) mass is 442 g/mol. The number of carbonyl (C=O) groups excluding carboxylic acids is 1. The summed E-state index contributed by atoms with van der Waals surface area (Å²) in [6.45, 7) is 2.49. The summed E-state index contributed by atoms with van der Waals surface area (Å²) < 4.78 is 22.1. The standard InChI is InChI=1S/C26H22N2O5/c1-17-3-7-21(8-4-17)28-26(29)20(14-27)11-18-5-9-22(24(12-18)30-2)31-15-19-6-10-23-25(13-19)33-16-32-23/h3-13H,15-16H2,1-2H3,(H,28,29)/b20-11-. The average molecular weight is 442 g/mol. The Hall–Kier alpha value is -4.44. The minimum Gasteiger partial charge on any atom is -0.493 e. The van der Waals surface area contributed by atoms with Gasteiger partial charge in [0.25, 0.3) is 5.91 Å². The first-order chi connectivity index (χ1) is 16.1. The highest BCUT2D eigenvalue weighted by Gasteiger charge is 2.14. The minimum atomic E-state index is -0.483. The van der Waals surface area contributed by atoms with Crippen molar-refractivity contribution in [3.05, 3.63) is 82.9 Å². The van der Waals surface area contributed by atoms with Crippen molar-refractivity contribution in [3.8, 4) is 29.1 Å². The normalized spacial score (nSPS) is 12.1. The number of nitriles is 1. The minimum absolute atomic E-state index is 0.0216. The maximum atomic E-state index is 12.5. The Labute approximate surface area is 191 Å². The second-order valence-corrected chi connectivity index (χ2v) is 7.38. The molecule has 0 bridgehead atoms. The summed E-state index contributed by atoms with van der Waals surface area (Å²) in [7, 11) is 1.53. The molecule has 1 heterocycles. The molecule has 0 atom stereocenters. The van der Waals surface area contributed by atoms with Crippen LogP contribution in [0.4, 0.5) is 5.69 Å². The third-order valence-corrected chi connectivity index (χ3v) is 5.00. The van der Waals surface area contributed by atoms with Gasteiger partial charge in [0.2, 0.25) is 6.79 Å². The van der Waals surface area contributed by atoms with E-state index in [1.54, 1.807) is 30.3 Å². The van der Waals surface area contributed by atoms with Gasteiger partial charge in [-0.1, -0.05) is 29.8 Å². The van der Waals surface area contributed by atoms with Crippen molar-refractivity contribution < 1.29 is 23.7 Å². The molecule has 1 amide bonds. The van der Waals surface area contributed by atoms with Crippen molar-refractivity contribution in [3.63, 3.8) is 0 Å². The van der Waals surface area contributed by atoms with Gasteiger partial charge in [0.1, 0.15) is 18.2 Å². The Balaban J connectivity index is 1.46. The first-order valence-corrected chi connectivity index (χ1v) is 10.2. The molecule has 0 aliphatic carbocycles. The number of methoxy groups -OCH3 is 1. The van der Waals surface area contributed by atoms with Crippen LogP contribution in [0.15, 0.2) is 66.2 Å². The van der Waals surface area contributed by atoms with Crippen LogP contribution in [0, 0.1) is 18.3 Å². The maximum absolute atomic E-state index is 12.5. The highest BCUT2D eigenvalue weighted by molar-refractivity contribution is 6.09. The number of nitrogens with one attached hydrogen (secondary N) is 1. The third kappa shape index (κ3) is 5.25. The number of carbonyl (C=O) groups is 1. The van der Waals surface area contributed by atoms with Crippen molar-refractivity contribution in [2.75, 3.05) is 19.2 Å². The fourth-order valence-electron chi connectivity index (χ4n) is 3.24. The molecule has 0 saturated heterocycles. The molecule has 3 aromatic carbocycles. The van der Waals surface area contributed by atoms with E-state index in [1.807, 2.05) is 43.3 Å². The van der Waals surface area contributed by atoms with Crippen LogP contribution in [0.1, 0.15) is 16.7 Å². The Morgan fingerprint density at radius 2 is 1.85 bits per heavy atom. The number of nitrogens with zero attached hydrogens (tertiary/aromatic N) is 1. The van der Waals surface area contributed by atoms with Gasteiger partial charge in [0.15, 0.2) is 23.0 Å². The van der Waals surface area contributed by atoms with Gasteiger partial charge in [-0.2, -0.15) is 5.26 Å². The molecule has 0 fully saturated rings. The number of hydrogen-bond donors (Lipinski definition) is 1. The van der Waals surface area contributed by atoms with Crippen LogP contribution in [-0.2, 0) is 11.4 Å². The molecular weight excluding hydrogens is 420 g/mol. The molecule has 1 aliphatic heterocycles. The summed E-state index contributed by atoms with van der Waals surface area (Å²) in [6, 6.07) is 20.1. The predicted molar refractivity (Wildman–Crippen MR) is 123 cm³/mol. The van der Waals surface area contributed by atoms with Gasteiger partial charge in [-0.15, -0.1) is 0 Å². The van der Waals surface area contributed by atoms with Gasteiger partial charge in [0.05, 0.1) is 7.11 Å². The van der Waals surface area contributed by atoms with Crippen LogP contribution in [0.5, 0.6) is 23.0 Å². The summed E-state index contributed by atoms with van der Waals surface area (Å²) in [5, 5.41) is 12.2. The van der Waals surface area contributed by atoms with Crippen LogP contribution in [0.2, 0.25) is 0 Å². The van der Waals surface area contributed by atoms with Gasteiger partial charge in [-0.05, 0) is 60.5 Å². The van der Waals surface area contributed by atoms with E-state index in [-0.39, 0.29) is 12.4 Å². The largest absolute Gasteiger partial charge is 0.493 e. The summed E-state index contributed by atoms with van der Waals surface area (Å²) in [5.41, 5.74) is 3.24. The van der Waals surface area contributed by atoms with Gasteiger partial charge in [0, 0.05) is 5.69 Å². The lowest BCUT2D eigenvalue weighted by Crippen LogP contribution is -2.13. The van der Waals surface area contributed by atoms with Crippen molar-refractivity contribution in [2.24, 2.45) is 0 Å². The van der Waals surface area contributed by atoms with E-state index in [0.29, 0.717) is 40.9 Å². The molecule has 7 heteroatoms. The van der Waals surface area contributed by atoms with Crippen molar-refractivity contribution >= 4 is 17.7 Å². The number of benzene rings is 3. The molecular formula is C26H22N2O5. The Morgan fingerprint density at radius 1 is 1.06 bits per heavy atom. The lowest BCUT2D eigenvalue weighted by atomic mass is 10.1. The number of hydrogen-bond acceptors (Lipinski definition) is 6. The topological polar surface area (TPSA) is 89.8 Å². The van der Waals surface area contributed by atoms with Gasteiger partial charge in [-0.25, -0.2) is 0 Å². The number of aryl methyl sites for hydroxylation is 1. The predicted octanol–water partition coefficient (Wildman–Crippen LogP) is 4.86. The average Bonchev–Trinajstić information content (AvgIpc) is 3.30. The molecule has 7 nitrogen and oxygen atoms in total. The Bertz CT molecular complexity index is 1240. The van der Waals surface area contributed by atoms with Gasteiger partial charge < -0.3 is 24.3 Å². The van der Waals surface area contributed by atoms with Crippen molar-refractivity contribution in [2.45, 2.75) is 13.5 Å². The lowest BCUT2D eigenvalue weighted by Gasteiger charge is -2.12. The van der Waals surface area contributed by atoms with E-state index in [0.717, 1.165) is 11.1 Å². The Kier molecular flexibility index (Phi) is 6.46.